The second kappa shape index (κ2) is 9.19. The molecule has 0 aliphatic carbocycles. The van der Waals surface area contributed by atoms with E-state index in [1.807, 2.05) is 69.6 Å². The lowest BCUT2D eigenvalue weighted by molar-refractivity contribution is -0.113. The van der Waals surface area contributed by atoms with Crippen LogP contribution in [0.3, 0.4) is 0 Å². The van der Waals surface area contributed by atoms with Gasteiger partial charge in [0, 0.05) is 36.6 Å². The smallest absolute Gasteiger partial charge is 0.261 e. The Labute approximate surface area is 196 Å². The molecule has 0 aliphatic heterocycles. The fourth-order valence-electron chi connectivity index (χ4n) is 3.70. The maximum Gasteiger partial charge on any atom is 0.261 e. The first kappa shape index (κ1) is 22.7. The van der Waals surface area contributed by atoms with Crippen molar-refractivity contribution in [2.24, 2.45) is 7.05 Å². The number of aryl methyl sites for hydroxylation is 4. The van der Waals surface area contributed by atoms with Crippen LogP contribution in [0.25, 0.3) is 5.65 Å². The average molecular weight is 463 g/mol. The van der Waals surface area contributed by atoms with Gasteiger partial charge in [-0.1, -0.05) is 35.5 Å². The van der Waals surface area contributed by atoms with E-state index >= 15 is 0 Å². The first-order valence-electron chi connectivity index (χ1n) is 10.6. The number of anilines is 1. The molecule has 3 heterocycles. The van der Waals surface area contributed by atoms with Crippen LogP contribution in [0.1, 0.15) is 33.8 Å². The summed E-state index contributed by atoms with van der Waals surface area (Å²) in [4.78, 5) is 30.1. The minimum Gasteiger partial charge on any atom is -0.325 e. The number of nitrogens with one attached hydrogen (secondary N) is 1. The molecule has 0 atom stereocenters. The molecule has 8 nitrogen and oxygen atoms in total. The largest absolute Gasteiger partial charge is 0.325 e. The van der Waals surface area contributed by atoms with Crippen molar-refractivity contribution in [2.75, 3.05) is 11.1 Å². The lowest BCUT2D eigenvalue weighted by Gasteiger charge is -2.10. The number of carbonyl (C=O) groups is 1. The number of hydrogen-bond donors (Lipinski definition) is 1. The molecule has 0 aliphatic rings. The van der Waals surface area contributed by atoms with E-state index in [2.05, 4.69) is 20.5 Å². The van der Waals surface area contributed by atoms with Gasteiger partial charge < -0.3 is 9.88 Å². The first-order valence-corrected chi connectivity index (χ1v) is 11.6. The predicted molar refractivity (Wildman–Crippen MR) is 130 cm³/mol. The number of hydrogen-bond acceptors (Lipinski definition) is 6. The van der Waals surface area contributed by atoms with Gasteiger partial charge in [0.05, 0.1) is 5.75 Å². The average Bonchev–Trinajstić information content (AvgIpc) is 3.12. The number of aromatic nitrogens is 5. The van der Waals surface area contributed by atoms with Gasteiger partial charge in [0.25, 0.3) is 5.56 Å². The molecule has 0 saturated carbocycles. The van der Waals surface area contributed by atoms with Gasteiger partial charge in [-0.25, -0.2) is 4.98 Å². The Morgan fingerprint density at radius 1 is 1.09 bits per heavy atom. The summed E-state index contributed by atoms with van der Waals surface area (Å²) in [5.41, 5.74) is 5.74. The van der Waals surface area contributed by atoms with Gasteiger partial charge >= 0.3 is 0 Å². The second-order valence-electron chi connectivity index (χ2n) is 8.16. The zero-order chi connectivity index (χ0) is 23.7. The Morgan fingerprint density at radius 2 is 1.88 bits per heavy atom. The fraction of sp³-hybridized carbons (Fsp3) is 0.292. The van der Waals surface area contributed by atoms with Crippen LogP contribution in [0.5, 0.6) is 0 Å². The predicted octanol–water partition coefficient (Wildman–Crippen LogP) is 3.38. The number of fused-ring (bicyclic) bond motifs is 1. The van der Waals surface area contributed by atoms with E-state index < -0.39 is 0 Å². The summed E-state index contributed by atoms with van der Waals surface area (Å²) in [6.07, 6.45) is 2.04. The zero-order valence-electron chi connectivity index (χ0n) is 19.3. The topological polar surface area (TPSA) is 94.2 Å². The van der Waals surface area contributed by atoms with E-state index in [0.717, 1.165) is 22.4 Å². The zero-order valence-corrected chi connectivity index (χ0v) is 20.2. The number of benzene rings is 1. The van der Waals surface area contributed by atoms with Crippen molar-refractivity contribution in [2.45, 2.75) is 39.3 Å². The third-order valence-electron chi connectivity index (χ3n) is 5.60. The van der Waals surface area contributed by atoms with Gasteiger partial charge in [0.2, 0.25) is 5.91 Å². The highest BCUT2D eigenvalue weighted by atomic mass is 32.2. The maximum atomic E-state index is 13.1. The van der Waals surface area contributed by atoms with Crippen LogP contribution in [0.4, 0.5) is 5.69 Å². The van der Waals surface area contributed by atoms with Gasteiger partial charge in [-0.2, -0.15) is 0 Å². The molecule has 1 N–H and O–H groups in total. The van der Waals surface area contributed by atoms with Gasteiger partial charge in [0.1, 0.15) is 11.5 Å². The summed E-state index contributed by atoms with van der Waals surface area (Å²) in [6.45, 7) is 7.76. The van der Waals surface area contributed by atoms with Gasteiger partial charge in [-0.05, 0) is 51.0 Å². The molecular formula is C24H26N6O2S. The SMILES string of the molecule is Cc1ccc(NC(=O)CSc2nnc(Cc3c(C)nc4c(C)cccn4c3=O)n2C)c(C)c1. The van der Waals surface area contributed by atoms with Crippen molar-refractivity contribution in [1.29, 1.82) is 0 Å². The number of thioether (sulfide) groups is 1. The molecule has 0 fully saturated rings. The van der Waals surface area contributed by atoms with Crippen molar-refractivity contribution >= 4 is 29.0 Å². The van der Waals surface area contributed by atoms with Crippen molar-refractivity contribution < 1.29 is 4.79 Å². The maximum absolute atomic E-state index is 13.1. The van der Waals surface area contributed by atoms with Crippen LogP contribution in [0.15, 0.2) is 46.5 Å². The number of amides is 1. The molecule has 170 valence electrons. The highest BCUT2D eigenvalue weighted by Crippen LogP contribution is 2.20. The van der Waals surface area contributed by atoms with Crippen LogP contribution in [-0.2, 0) is 18.3 Å². The van der Waals surface area contributed by atoms with Crippen LogP contribution in [0.2, 0.25) is 0 Å². The molecule has 0 spiro atoms. The molecule has 0 saturated heterocycles. The van der Waals surface area contributed by atoms with E-state index in [1.54, 1.807) is 10.6 Å². The minimum atomic E-state index is -0.111. The van der Waals surface area contributed by atoms with Gasteiger partial charge in [0.15, 0.2) is 5.16 Å². The quantitative estimate of drug-likeness (QED) is 0.442. The molecule has 9 heteroatoms. The Morgan fingerprint density at radius 3 is 2.64 bits per heavy atom. The number of rotatable bonds is 6. The Hall–Kier alpha value is -3.46. The molecular weight excluding hydrogens is 436 g/mol. The summed E-state index contributed by atoms with van der Waals surface area (Å²) in [5, 5.41) is 12.0. The van der Waals surface area contributed by atoms with Crippen LogP contribution < -0.4 is 10.9 Å². The molecule has 33 heavy (non-hydrogen) atoms. The van der Waals surface area contributed by atoms with Crippen molar-refractivity contribution in [1.82, 2.24) is 24.1 Å². The third kappa shape index (κ3) is 4.68. The van der Waals surface area contributed by atoms with Crippen molar-refractivity contribution in [3.8, 4) is 0 Å². The van der Waals surface area contributed by atoms with Crippen molar-refractivity contribution in [3.63, 3.8) is 0 Å². The second-order valence-corrected chi connectivity index (χ2v) is 9.10. The molecule has 0 bridgehead atoms. The van der Waals surface area contributed by atoms with E-state index in [0.29, 0.717) is 34.3 Å². The third-order valence-corrected chi connectivity index (χ3v) is 6.62. The summed E-state index contributed by atoms with van der Waals surface area (Å²) < 4.78 is 3.39. The monoisotopic (exact) mass is 462 g/mol. The highest BCUT2D eigenvalue weighted by Gasteiger charge is 2.17. The molecule has 1 amide bonds. The minimum absolute atomic E-state index is 0.105. The number of nitrogens with zero attached hydrogens (tertiary/aromatic N) is 5. The van der Waals surface area contributed by atoms with E-state index in [9.17, 15) is 9.59 Å². The summed E-state index contributed by atoms with van der Waals surface area (Å²) in [7, 11) is 1.84. The Kier molecular flexibility index (Phi) is 6.33. The molecule has 1 aromatic carbocycles. The number of pyridine rings is 1. The molecule has 4 rings (SSSR count). The van der Waals surface area contributed by atoms with Gasteiger partial charge in [-0.3, -0.25) is 14.0 Å². The lowest BCUT2D eigenvalue weighted by atomic mass is 10.1. The highest BCUT2D eigenvalue weighted by molar-refractivity contribution is 7.99. The van der Waals surface area contributed by atoms with Crippen LogP contribution in [-0.4, -0.2) is 35.8 Å². The first-order chi connectivity index (χ1) is 15.7. The van der Waals surface area contributed by atoms with Crippen molar-refractivity contribution in [3.05, 3.63) is 80.7 Å². The van der Waals surface area contributed by atoms with E-state index in [1.165, 1.54) is 11.8 Å². The van der Waals surface area contributed by atoms with E-state index in [4.69, 9.17) is 0 Å². The van der Waals surface area contributed by atoms with Gasteiger partial charge in [-0.15, -0.1) is 10.2 Å². The molecule has 0 unspecified atom stereocenters. The van der Waals surface area contributed by atoms with E-state index in [-0.39, 0.29) is 17.2 Å². The van der Waals surface area contributed by atoms with Crippen LogP contribution >= 0.6 is 11.8 Å². The normalized spacial score (nSPS) is 11.2. The number of carbonyl (C=O) groups excluding carboxylic acids is 1. The summed E-state index contributed by atoms with van der Waals surface area (Å²) >= 11 is 1.31. The van der Waals surface area contributed by atoms with Crippen LogP contribution in [0, 0.1) is 27.7 Å². The molecule has 0 radical (unpaired) electrons. The Balaban J connectivity index is 1.48. The standard InChI is InChI=1S/C24H26N6O2S/c1-14-8-9-19(16(3)11-14)26-21(31)13-33-24-28-27-20(29(24)5)12-18-17(4)25-22-15(2)7-6-10-30(22)23(18)32/h6-11H,12-13H2,1-5H3,(H,26,31). The molecule has 4 aromatic rings. The molecule has 3 aromatic heterocycles. The lowest BCUT2D eigenvalue weighted by Crippen LogP contribution is -2.23. The summed E-state index contributed by atoms with van der Waals surface area (Å²) in [5.74, 6) is 0.735. The fourth-order valence-corrected chi connectivity index (χ4v) is 4.43. The summed E-state index contributed by atoms with van der Waals surface area (Å²) in [6, 6.07) is 9.69. The Bertz CT molecular complexity index is 1420.